The fourth-order valence-electron chi connectivity index (χ4n) is 2.00. The average molecular weight is 256 g/mol. The van der Waals surface area contributed by atoms with Crippen LogP contribution in [-0.2, 0) is 0 Å². The maximum absolute atomic E-state index is 9.39. The molecule has 2 rings (SSSR count). The van der Waals surface area contributed by atoms with Crippen LogP contribution in [0.25, 0.3) is 0 Å². The van der Waals surface area contributed by atoms with Gasteiger partial charge < -0.3 is 5.11 Å². The molecule has 0 atom stereocenters. The van der Waals surface area contributed by atoms with Crippen molar-refractivity contribution in [2.45, 2.75) is 37.7 Å². The molecule has 1 N–H and O–H groups in total. The Morgan fingerprint density at radius 1 is 1.21 bits per heavy atom. The Kier molecular flexibility index (Phi) is 3.19. The lowest BCUT2D eigenvalue weighted by molar-refractivity contribution is 0.122. The van der Waals surface area contributed by atoms with Gasteiger partial charge in [0.15, 0.2) is 0 Å². The summed E-state index contributed by atoms with van der Waals surface area (Å²) in [6.07, 6.45) is 5.73. The highest BCUT2D eigenvalue weighted by molar-refractivity contribution is 9.10. The molecule has 3 heteroatoms. The molecule has 0 amide bonds. The first-order valence-electron chi connectivity index (χ1n) is 5.05. The first-order valence-corrected chi connectivity index (χ1v) is 5.84. The van der Waals surface area contributed by atoms with Crippen molar-refractivity contribution in [2.24, 2.45) is 0 Å². The molecule has 0 saturated heterocycles. The van der Waals surface area contributed by atoms with E-state index in [0.29, 0.717) is 5.92 Å². The van der Waals surface area contributed by atoms with Gasteiger partial charge >= 0.3 is 0 Å². The van der Waals surface area contributed by atoms with Crippen LogP contribution in [0, 0.1) is 0 Å². The van der Waals surface area contributed by atoms with Gasteiger partial charge in [0.1, 0.15) is 0 Å². The molecule has 0 radical (unpaired) electrons. The standard InChI is InChI=1S/C11H14BrNO/c12-9-3-6-11(13-7-9)8-1-4-10(14)5-2-8/h3,6-8,10,14H,1-2,4-5H2. The zero-order valence-electron chi connectivity index (χ0n) is 7.99. The van der Waals surface area contributed by atoms with Crippen molar-refractivity contribution in [3.05, 3.63) is 28.5 Å². The van der Waals surface area contributed by atoms with Gasteiger partial charge in [0.25, 0.3) is 0 Å². The van der Waals surface area contributed by atoms with E-state index >= 15 is 0 Å². The van der Waals surface area contributed by atoms with E-state index in [9.17, 15) is 5.11 Å². The summed E-state index contributed by atoms with van der Waals surface area (Å²) in [7, 11) is 0. The minimum atomic E-state index is -0.0818. The predicted molar refractivity (Wildman–Crippen MR) is 59.2 cm³/mol. The highest BCUT2D eigenvalue weighted by Gasteiger charge is 2.21. The van der Waals surface area contributed by atoms with Crippen LogP contribution in [-0.4, -0.2) is 16.2 Å². The molecule has 1 aliphatic carbocycles. The Morgan fingerprint density at radius 2 is 1.93 bits per heavy atom. The fraction of sp³-hybridized carbons (Fsp3) is 0.545. The van der Waals surface area contributed by atoms with Crippen molar-refractivity contribution in [1.82, 2.24) is 4.98 Å². The first-order chi connectivity index (χ1) is 6.75. The summed E-state index contributed by atoms with van der Waals surface area (Å²) in [5.41, 5.74) is 1.17. The van der Waals surface area contributed by atoms with E-state index in [-0.39, 0.29) is 6.10 Å². The van der Waals surface area contributed by atoms with Gasteiger partial charge in [0, 0.05) is 22.3 Å². The van der Waals surface area contributed by atoms with Crippen LogP contribution in [0.1, 0.15) is 37.3 Å². The van der Waals surface area contributed by atoms with Gasteiger partial charge in [-0.25, -0.2) is 0 Å². The van der Waals surface area contributed by atoms with Gasteiger partial charge in [-0.2, -0.15) is 0 Å². The van der Waals surface area contributed by atoms with Crippen molar-refractivity contribution in [2.75, 3.05) is 0 Å². The Morgan fingerprint density at radius 3 is 2.50 bits per heavy atom. The minimum absolute atomic E-state index is 0.0818. The number of aliphatic hydroxyl groups is 1. The number of aliphatic hydroxyl groups excluding tert-OH is 1. The molecule has 0 spiro atoms. The molecule has 0 unspecified atom stereocenters. The molecule has 1 saturated carbocycles. The van der Waals surface area contributed by atoms with E-state index < -0.39 is 0 Å². The highest BCUT2D eigenvalue weighted by atomic mass is 79.9. The summed E-state index contributed by atoms with van der Waals surface area (Å²) in [6.45, 7) is 0. The fourth-order valence-corrected chi connectivity index (χ4v) is 2.23. The van der Waals surface area contributed by atoms with E-state index in [1.54, 1.807) is 0 Å². The molecule has 1 aromatic rings. The van der Waals surface area contributed by atoms with E-state index in [1.807, 2.05) is 12.3 Å². The monoisotopic (exact) mass is 255 g/mol. The zero-order valence-corrected chi connectivity index (χ0v) is 9.57. The van der Waals surface area contributed by atoms with Crippen LogP contribution in [0.3, 0.4) is 0 Å². The van der Waals surface area contributed by atoms with Gasteiger partial charge in [0.05, 0.1) is 6.10 Å². The number of hydrogen-bond donors (Lipinski definition) is 1. The average Bonchev–Trinajstić information content (AvgIpc) is 2.21. The van der Waals surface area contributed by atoms with Crippen LogP contribution in [0.2, 0.25) is 0 Å². The maximum atomic E-state index is 9.39. The van der Waals surface area contributed by atoms with Crippen LogP contribution in [0.4, 0.5) is 0 Å². The number of aromatic nitrogens is 1. The summed E-state index contributed by atoms with van der Waals surface area (Å²) in [5, 5.41) is 9.39. The van der Waals surface area contributed by atoms with Crippen LogP contribution >= 0.6 is 15.9 Å². The number of hydrogen-bond acceptors (Lipinski definition) is 2. The third-order valence-corrected chi connectivity index (χ3v) is 3.33. The first kappa shape index (κ1) is 10.1. The smallest absolute Gasteiger partial charge is 0.0540 e. The third kappa shape index (κ3) is 2.34. The van der Waals surface area contributed by atoms with Crippen molar-refractivity contribution in [3.63, 3.8) is 0 Å². The van der Waals surface area contributed by atoms with Gasteiger partial charge in [-0.05, 0) is 53.7 Å². The summed E-state index contributed by atoms with van der Waals surface area (Å²) >= 11 is 3.38. The molecule has 1 aromatic heterocycles. The Bertz CT molecular complexity index is 291. The van der Waals surface area contributed by atoms with E-state index in [2.05, 4.69) is 27.0 Å². The predicted octanol–water partition coefficient (Wildman–Crippen LogP) is 2.86. The molecule has 0 bridgehead atoms. The molecule has 0 aliphatic heterocycles. The van der Waals surface area contributed by atoms with Gasteiger partial charge in [-0.3, -0.25) is 4.98 Å². The normalized spacial score (nSPS) is 27.6. The molecular weight excluding hydrogens is 242 g/mol. The van der Waals surface area contributed by atoms with Crippen molar-refractivity contribution in [3.8, 4) is 0 Å². The van der Waals surface area contributed by atoms with Crippen molar-refractivity contribution >= 4 is 15.9 Å². The van der Waals surface area contributed by atoms with E-state index in [1.165, 1.54) is 5.69 Å². The van der Waals surface area contributed by atoms with Gasteiger partial charge in [-0.1, -0.05) is 0 Å². The van der Waals surface area contributed by atoms with E-state index in [0.717, 1.165) is 30.2 Å². The molecule has 2 nitrogen and oxygen atoms in total. The lowest BCUT2D eigenvalue weighted by Gasteiger charge is -2.24. The van der Waals surface area contributed by atoms with Crippen LogP contribution in [0.5, 0.6) is 0 Å². The van der Waals surface area contributed by atoms with Crippen LogP contribution in [0.15, 0.2) is 22.8 Å². The Labute approximate surface area is 92.5 Å². The number of pyridine rings is 1. The summed E-state index contributed by atoms with van der Waals surface area (Å²) < 4.78 is 1.03. The zero-order chi connectivity index (χ0) is 9.97. The molecular formula is C11H14BrNO. The molecule has 1 heterocycles. The molecule has 14 heavy (non-hydrogen) atoms. The summed E-state index contributed by atoms with van der Waals surface area (Å²) in [6, 6.07) is 4.11. The second-order valence-corrected chi connectivity index (χ2v) is 4.82. The third-order valence-electron chi connectivity index (χ3n) is 2.87. The lowest BCUT2D eigenvalue weighted by atomic mass is 9.85. The second kappa shape index (κ2) is 4.41. The van der Waals surface area contributed by atoms with E-state index in [4.69, 9.17) is 0 Å². The second-order valence-electron chi connectivity index (χ2n) is 3.91. The number of rotatable bonds is 1. The SMILES string of the molecule is OC1CCC(c2ccc(Br)cn2)CC1. The molecule has 0 aromatic carbocycles. The van der Waals surface area contributed by atoms with Gasteiger partial charge in [0.2, 0.25) is 0 Å². The summed E-state index contributed by atoms with van der Waals surface area (Å²) in [4.78, 5) is 4.40. The Hall–Kier alpha value is -0.410. The highest BCUT2D eigenvalue weighted by Crippen LogP contribution is 2.31. The quantitative estimate of drug-likeness (QED) is 0.838. The summed E-state index contributed by atoms with van der Waals surface area (Å²) in [5.74, 6) is 0.548. The topological polar surface area (TPSA) is 33.1 Å². The lowest BCUT2D eigenvalue weighted by Crippen LogP contribution is -2.17. The Balaban J connectivity index is 2.05. The van der Waals surface area contributed by atoms with Crippen LogP contribution < -0.4 is 0 Å². The van der Waals surface area contributed by atoms with Crippen molar-refractivity contribution in [1.29, 1.82) is 0 Å². The van der Waals surface area contributed by atoms with Gasteiger partial charge in [-0.15, -0.1) is 0 Å². The minimum Gasteiger partial charge on any atom is -0.393 e. The molecule has 1 fully saturated rings. The molecule has 1 aliphatic rings. The number of halogens is 1. The van der Waals surface area contributed by atoms with Crippen molar-refractivity contribution < 1.29 is 5.11 Å². The number of nitrogens with zero attached hydrogens (tertiary/aromatic N) is 1. The maximum Gasteiger partial charge on any atom is 0.0540 e. The molecule has 76 valence electrons. The largest absolute Gasteiger partial charge is 0.393 e.